The predicted octanol–water partition coefficient (Wildman–Crippen LogP) is 1.98. The Kier molecular flexibility index (Phi) is 4.44. The molecule has 0 spiro atoms. The molecule has 2 fully saturated rings. The van der Waals surface area contributed by atoms with Crippen LogP contribution in [0.5, 0.6) is 5.75 Å². The Hall–Kier alpha value is -1.55. The zero-order chi connectivity index (χ0) is 14.7. The van der Waals surface area contributed by atoms with Crippen molar-refractivity contribution >= 4 is 5.91 Å². The fourth-order valence-electron chi connectivity index (χ4n) is 3.10. The molecule has 0 atom stereocenters. The van der Waals surface area contributed by atoms with Gasteiger partial charge < -0.3 is 15.0 Å². The van der Waals surface area contributed by atoms with E-state index in [1.54, 1.807) is 7.11 Å². The van der Waals surface area contributed by atoms with E-state index < -0.39 is 0 Å². The van der Waals surface area contributed by atoms with Crippen molar-refractivity contribution in [2.45, 2.75) is 44.2 Å². The van der Waals surface area contributed by atoms with Gasteiger partial charge in [-0.2, -0.15) is 0 Å². The Morgan fingerprint density at radius 3 is 2.71 bits per heavy atom. The van der Waals surface area contributed by atoms with Gasteiger partial charge in [0, 0.05) is 25.2 Å². The van der Waals surface area contributed by atoms with Crippen molar-refractivity contribution in [3.05, 3.63) is 29.8 Å². The number of likely N-dealkylation sites (tertiary alicyclic amines) is 1. The monoisotopic (exact) mass is 288 g/mol. The standard InChI is InChI=1S/C17H24N2O2/c1-21-16-4-2-3-13(11-16)12-17(20)18-14-7-9-19(10-8-14)15-5-6-15/h2-4,11,14-15H,5-10,12H2,1H3,(H,18,20). The normalized spacial score (nSPS) is 20.2. The molecule has 0 unspecified atom stereocenters. The molecule has 4 nitrogen and oxygen atoms in total. The molecule has 0 bridgehead atoms. The largest absolute Gasteiger partial charge is 0.497 e. The van der Waals surface area contributed by atoms with Crippen LogP contribution in [0.2, 0.25) is 0 Å². The first-order valence-corrected chi connectivity index (χ1v) is 7.91. The van der Waals surface area contributed by atoms with E-state index in [1.165, 1.54) is 12.8 Å². The minimum absolute atomic E-state index is 0.119. The van der Waals surface area contributed by atoms with Crippen LogP contribution in [0.4, 0.5) is 0 Å². The number of carbonyl (C=O) groups excluding carboxylic acids is 1. The molecular weight excluding hydrogens is 264 g/mol. The van der Waals surface area contributed by atoms with E-state index in [2.05, 4.69) is 10.2 Å². The molecule has 0 radical (unpaired) electrons. The SMILES string of the molecule is COc1cccc(CC(=O)NC2CCN(C3CC3)CC2)c1. The number of carbonyl (C=O) groups is 1. The van der Waals surface area contributed by atoms with Crippen LogP contribution in [0, 0.1) is 0 Å². The van der Waals surface area contributed by atoms with Crippen LogP contribution < -0.4 is 10.1 Å². The molecule has 1 aromatic rings. The molecule has 2 aliphatic rings. The predicted molar refractivity (Wildman–Crippen MR) is 82.5 cm³/mol. The van der Waals surface area contributed by atoms with Gasteiger partial charge in [0.2, 0.25) is 5.91 Å². The second kappa shape index (κ2) is 6.48. The highest BCUT2D eigenvalue weighted by Crippen LogP contribution is 2.29. The molecule has 21 heavy (non-hydrogen) atoms. The van der Waals surface area contributed by atoms with Gasteiger partial charge in [0.25, 0.3) is 0 Å². The topological polar surface area (TPSA) is 41.6 Å². The molecule has 1 saturated carbocycles. The summed E-state index contributed by atoms with van der Waals surface area (Å²) in [6.07, 6.45) is 5.33. The zero-order valence-corrected chi connectivity index (χ0v) is 12.7. The number of hydrogen-bond acceptors (Lipinski definition) is 3. The lowest BCUT2D eigenvalue weighted by Gasteiger charge is -2.32. The third kappa shape index (κ3) is 3.97. The first-order valence-electron chi connectivity index (χ1n) is 7.91. The van der Waals surface area contributed by atoms with Crippen LogP contribution in [-0.2, 0) is 11.2 Å². The summed E-state index contributed by atoms with van der Waals surface area (Å²) in [5.74, 6) is 0.922. The van der Waals surface area contributed by atoms with E-state index in [0.717, 1.165) is 43.3 Å². The number of methoxy groups -OCH3 is 1. The maximum atomic E-state index is 12.1. The number of piperidine rings is 1. The molecule has 1 amide bonds. The molecule has 0 aromatic heterocycles. The van der Waals surface area contributed by atoms with Crippen LogP contribution in [0.3, 0.4) is 0 Å². The van der Waals surface area contributed by atoms with Crippen LogP contribution in [0.1, 0.15) is 31.2 Å². The average molecular weight is 288 g/mol. The van der Waals surface area contributed by atoms with Crippen LogP contribution in [-0.4, -0.2) is 43.1 Å². The van der Waals surface area contributed by atoms with Gasteiger partial charge in [0.15, 0.2) is 0 Å². The number of amides is 1. The van der Waals surface area contributed by atoms with Crippen molar-refractivity contribution in [3.63, 3.8) is 0 Å². The molecule has 114 valence electrons. The molecule has 1 saturated heterocycles. The summed E-state index contributed by atoms with van der Waals surface area (Å²) in [4.78, 5) is 14.7. The first-order chi connectivity index (χ1) is 10.2. The Bertz CT molecular complexity index is 491. The lowest BCUT2D eigenvalue weighted by atomic mass is 10.0. The van der Waals surface area contributed by atoms with Gasteiger partial charge in [-0.05, 0) is 43.4 Å². The number of ether oxygens (including phenoxy) is 1. The van der Waals surface area contributed by atoms with E-state index >= 15 is 0 Å². The molecule has 1 aliphatic heterocycles. The van der Waals surface area contributed by atoms with Crippen molar-refractivity contribution in [3.8, 4) is 5.75 Å². The van der Waals surface area contributed by atoms with E-state index in [1.807, 2.05) is 24.3 Å². The Labute approximate surface area is 126 Å². The van der Waals surface area contributed by atoms with Gasteiger partial charge in [0.05, 0.1) is 13.5 Å². The fourth-order valence-corrected chi connectivity index (χ4v) is 3.10. The van der Waals surface area contributed by atoms with Crippen molar-refractivity contribution in [2.24, 2.45) is 0 Å². The fraction of sp³-hybridized carbons (Fsp3) is 0.588. The molecule has 1 N–H and O–H groups in total. The maximum absolute atomic E-state index is 12.1. The van der Waals surface area contributed by atoms with Crippen LogP contribution in [0.15, 0.2) is 24.3 Å². The van der Waals surface area contributed by atoms with Gasteiger partial charge in [-0.1, -0.05) is 12.1 Å². The number of nitrogens with zero attached hydrogens (tertiary/aromatic N) is 1. The summed E-state index contributed by atoms with van der Waals surface area (Å²) in [5, 5.41) is 3.18. The third-order valence-electron chi connectivity index (χ3n) is 4.46. The Morgan fingerprint density at radius 2 is 2.05 bits per heavy atom. The maximum Gasteiger partial charge on any atom is 0.224 e. The quantitative estimate of drug-likeness (QED) is 0.901. The van der Waals surface area contributed by atoms with Gasteiger partial charge in [-0.15, -0.1) is 0 Å². The lowest BCUT2D eigenvalue weighted by molar-refractivity contribution is -0.121. The number of hydrogen-bond donors (Lipinski definition) is 1. The second-order valence-electron chi connectivity index (χ2n) is 6.14. The second-order valence-corrected chi connectivity index (χ2v) is 6.14. The van der Waals surface area contributed by atoms with Crippen molar-refractivity contribution < 1.29 is 9.53 Å². The highest BCUT2D eigenvalue weighted by molar-refractivity contribution is 5.79. The molecule has 3 rings (SSSR count). The average Bonchev–Trinajstić information content (AvgIpc) is 3.33. The van der Waals surface area contributed by atoms with Crippen molar-refractivity contribution in [2.75, 3.05) is 20.2 Å². The summed E-state index contributed by atoms with van der Waals surface area (Å²) >= 11 is 0. The van der Waals surface area contributed by atoms with Crippen LogP contribution >= 0.6 is 0 Å². The summed E-state index contributed by atoms with van der Waals surface area (Å²) < 4.78 is 5.19. The highest BCUT2D eigenvalue weighted by atomic mass is 16.5. The van der Waals surface area contributed by atoms with Crippen molar-refractivity contribution in [1.82, 2.24) is 10.2 Å². The summed E-state index contributed by atoms with van der Waals surface area (Å²) in [6, 6.07) is 8.91. The molecular formula is C17H24N2O2. The van der Waals surface area contributed by atoms with Gasteiger partial charge >= 0.3 is 0 Å². The molecule has 1 aliphatic carbocycles. The van der Waals surface area contributed by atoms with Crippen LogP contribution in [0.25, 0.3) is 0 Å². The van der Waals surface area contributed by atoms with E-state index in [-0.39, 0.29) is 5.91 Å². The van der Waals surface area contributed by atoms with E-state index in [4.69, 9.17) is 4.74 Å². The summed E-state index contributed by atoms with van der Waals surface area (Å²) in [5.41, 5.74) is 1.00. The van der Waals surface area contributed by atoms with Gasteiger partial charge in [0.1, 0.15) is 5.75 Å². The lowest BCUT2D eigenvalue weighted by Crippen LogP contribution is -2.45. The van der Waals surface area contributed by atoms with E-state index in [9.17, 15) is 4.79 Å². The first kappa shape index (κ1) is 14.4. The number of benzene rings is 1. The van der Waals surface area contributed by atoms with Gasteiger partial charge in [-0.3, -0.25) is 4.79 Å². The highest BCUT2D eigenvalue weighted by Gasteiger charge is 2.31. The van der Waals surface area contributed by atoms with Crippen molar-refractivity contribution in [1.29, 1.82) is 0 Å². The molecule has 1 heterocycles. The summed E-state index contributed by atoms with van der Waals surface area (Å²) in [7, 11) is 1.65. The minimum atomic E-state index is 0.119. The summed E-state index contributed by atoms with van der Waals surface area (Å²) in [6.45, 7) is 2.27. The zero-order valence-electron chi connectivity index (χ0n) is 12.7. The Morgan fingerprint density at radius 1 is 1.29 bits per heavy atom. The smallest absolute Gasteiger partial charge is 0.224 e. The third-order valence-corrected chi connectivity index (χ3v) is 4.46. The van der Waals surface area contributed by atoms with Gasteiger partial charge in [-0.25, -0.2) is 0 Å². The Balaban J connectivity index is 1.45. The minimum Gasteiger partial charge on any atom is -0.497 e. The van der Waals surface area contributed by atoms with E-state index in [0.29, 0.717) is 12.5 Å². The molecule has 1 aromatic carbocycles. The number of nitrogens with one attached hydrogen (secondary N) is 1. The molecule has 4 heteroatoms. The number of rotatable bonds is 5.